The van der Waals surface area contributed by atoms with Crippen LogP contribution in [-0.2, 0) is 4.79 Å². The minimum atomic E-state index is -0.728. The van der Waals surface area contributed by atoms with Gasteiger partial charge in [-0.05, 0) is 18.2 Å². The number of aliphatic hydroxyl groups excluding tert-OH is 1. The van der Waals surface area contributed by atoms with Gasteiger partial charge < -0.3 is 10.0 Å². The summed E-state index contributed by atoms with van der Waals surface area (Å²) >= 11 is 5.87. The Morgan fingerprint density at radius 1 is 1.56 bits per heavy atom. The number of halogens is 2. The summed E-state index contributed by atoms with van der Waals surface area (Å²) in [5.74, 6) is -0.979. The molecule has 0 aliphatic carbocycles. The number of rotatable bonds is 2. The van der Waals surface area contributed by atoms with Gasteiger partial charge in [0.05, 0.1) is 0 Å². The van der Waals surface area contributed by atoms with Crippen molar-refractivity contribution in [2.75, 3.05) is 18.1 Å². The molecule has 5 heteroatoms. The third-order valence-electron chi connectivity index (χ3n) is 2.69. The Hall–Kier alpha value is -1.13. The summed E-state index contributed by atoms with van der Waals surface area (Å²) < 4.78 is 13.0. The van der Waals surface area contributed by atoms with Crippen molar-refractivity contribution >= 4 is 23.2 Å². The molecule has 2 atom stereocenters. The SMILES string of the molecule is O=C1[C@H](Cl)[C@@H](CO)CN1c1cccc(F)c1. The maximum absolute atomic E-state index is 13.0. The Bertz CT molecular complexity index is 413. The highest BCUT2D eigenvalue weighted by Crippen LogP contribution is 2.28. The van der Waals surface area contributed by atoms with E-state index in [2.05, 4.69) is 0 Å². The number of aliphatic hydroxyl groups is 1. The minimum Gasteiger partial charge on any atom is -0.396 e. The number of amides is 1. The molecule has 0 spiro atoms. The van der Waals surface area contributed by atoms with Crippen molar-refractivity contribution in [1.29, 1.82) is 0 Å². The lowest BCUT2D eigenvalue weighted by molar-refractivity contribution is -0.117. The Balaban J connectivity index is 2.26. The Labute approximate surface area is 97.4 Å². The molecule has 16 heavy (non-hydrogen) atoms. The number of hydrogen-bond acceptors (Lipinski definition) is 2. The highest BCUT2D eigenvalue weighted by Gasteiger charge is 2.39. The molecule has 1 N–H and O–H groups in total. The zero-order valence-electron chi connectivity index (χ0n) is 8.44. The summed E-state index contributed by atoms with van der Waals surface area (Å²) in [7, 11) is 0. The number of nitrogens with zero attached hydrogens (tertiary/aromatic N) is 1. The molecule has 86 valence electrons. The molecule has 3 nitrogen and oxygen atoms in total. The van der Waals surface area contributed by atoms with Gasteiger partial charge in [0.1, 0.15) is 11.2 Å². The van der Waals surface area contributed by atoms with Crippen LogP contribution >= 0.6 is 11.6 Å². The lowest BCUT2D eigenvalue weighted by atomic mass is 10.1. The standard InChI is InChI=1S/C11H11ClFNO2/c12-10-7(6-15)5-14(11(10)16)9-3-1-2-8(13)4-9/h1-4,7,10,15H,5-6H2/t7-,10-/m1/s1. The number of alkyl halides is 1. The van der Waals surface area contributed by atoms with Crippen LogP contribution in [-0.4, -0.2) is 29.5 Å². The Kier molecular flexibility index (Phi) is 3.12. The van der Waals surface area contributed by atoms with Crippen LogP contribution in [0.4, 0.5) is 10.1 Å². The van der Waals surface area contributed by atoms with E-state index >= 15 is 0 Å². The predicted molar refractivity (Wildman–Crippen MR) is 59.0 cm³/mol. The average Bonchev–Trinajstić information content (AvgIpc) is 2.56. The van der Waals surface area contributed by atoms with Crippen molar-refractivity contribution in [2.45, 2.75) is 5.38 Å². The predicted octanol–water partition coefficient (Wildman–Crippen LogP) is 1.39. The average molecular weight is 244 g/mol. The summed E-state index contributed by atoms with van der Waals surface area (Å²) in [6.07, 6.45) is 0. The first kappa shape index (κ1) is 11.4. The topological polar surface area (TPSA) is 40.5 Å². The van der Waals surface area contributed by atoms with Crippen LogP contribution in [0.3, 0.4) is 0 Å². The van der Waals surface area contributed by atoms with Gasteiger partial charge in [0.2, 0.25) is 5.91 Å². The molecule has 0 aromatic heterocycles. The van der Waals surface area contributed by atoms with E-state index in [0.29, 0.717) is 12.2 Å². The van der Waals surface area contributed by atoms with Crippen LogP contribution in [0.25, 0.3) is 0 Å². The lowest BCUT2D eigenvalue weighted by Crippen LogP contribution is -2.27. The number of benzene rings is 1. The fourth-order valence-corrected chi connectivity index (χ4v) is 2.07. The normalized spacial score (nSPS) is 25.2. The van der Waals surface area contributed by atoms with Crippen molar-refractivity contribution in [3.63, 3.8) is 0 Å². The van der Waals surface area contributed by atoms with Gasteiger partial charge in [0.15, 0.2) is 0 Å². The van der Waals surface area contributed by atoms with E-state index < -0.39 is 11.2 Å². The van der Waals surface area contributed by atoms with Gasteiger partial charge >= 0.3 is 0 Å². The molecule has 1 saturated heterocycles. The molecule has 2 rings (SSSR count). The molecule has 1 fully saturated rings. The van der Waals surface area contributed by atoms with Gasteiger partial charge in [-0.3, -0.25) is 4.79 Å². The number of hydrogen-bond donors (Lipinski definition) is 1. The van der Waals surface area contributed by atoms with Crippen molar-refractivity contribution in [3.8, 4) is 0 Å². The Morgan fingerprint density at radius 3 is 2.88 bits per heavy atom. The molecule has 0 saturated carbocycles. The fourth-order valence-electron chi connectivity index (χ4n) is 1.79. The first-order valence-electron chi connectivity index (χ1n) is 4.95. The molecule has 1 aliphatic rings. The smallest absolute Gasteiger partial charge is 0.245 e. The van der Waals surface area contributed by atoms with E-state index in [9.17, 15) is 9.18 Å². The maximum Gasteiger partial charge on any atom is 0.245 e. The van der Waals surface area contributed by atoms with Gasteiger partial charge in [0.25, 0.3) is 0 Å². The van der Waals surface area contributed by atoms with E-state index in [1.807, 2.05) is 0 Å². The number of carbonyl (C=O) groups excluding carboxylic acids is 1. The second kappa shape index (κ2) is 4.39. The number of anilines is 1. The van der Waals surface area contributed by atoms with Gasteiger partial charge in [-0.15, -0.1) is 11.6 Å². The quantitative estimate of drug-likeness (QED) is 0.798. The van der Waals surface area contributed by atoms with E-state index in [4.69, 9.17) is 16.7 Å². The van der Waals surface area contributed by atoms with E-state index in [-0.39, 0.29) is 18.4 Å². The summed E-state index contributed by atoms with van der Waals surface area (Å²) in [5, 5.41) is 8.31. The van der Waals surface area contributed by atoms with Gasteiger partial charge in [-0.2, -0.15) is 0 Å². The van der Waals surface area contributed by atoms with Gasteiger partial charge in [-0.25, -0.2) is 4.39 Å². The summed E-state index contributed by atoms with van der Waals surface area (Å²) in [5.41, 5.74) is 0.478. The molecule has 1 amide bonds. The van der Waals surface area contributed by atoms with E-state index in [1.165, 1.54) is 23.1 Å². The fraction of sp³-hybridized carbons (Fsp3) is 0.364. The first-order chi connectivity index (χ1) is 7.63. The Morgan fingerprint density at radius 2 is 2.31 bits per heavy atom. The van der Waals surface area contributed by atoms with Gasteiger partial charge in [-0.1, -0.05) is 6.07 Å². The number of carbonyl (C=O) groups is 1. The van der Waals surface area contributed by atoms with Crippen LogP contribution in [0, 0.1) is 11.7 Å². The van der Waals surface area contributed by atoms with E-state index in [1.54, 1.807) is 6.07 Å². The third kappa shape index (κ3) is 1.90. The second-order valence-electron chi connectivity index (χ2n) is 3.77. The lowest BCUT2D eigenvalue weighted by Gasteiger charge is -2.15. The zero-order valence-corrected chi connectivity index (χ0v) is 9.19. The molecular weight excluding hydrogens is 233 g/mol. The summed E-state index contributed by atoms with van der Waals surface area (Å²) in [4.78, 5) is 13.2. The maximum atomic E-state index is 13.0. The van der Waals surface area contributed by atoms with Gasteiger partial charge in [0, 0.05) is 24.8 Å². The monoisotopic (exact) mass is 243 g/mol. The van der Waals surface area contributed by atoms with Crippen molar-refractivity contribution in [2.24, 2.45) is 5.92 Å². The largest absolute Gasteiger partial charge is 0.396 e. The molecule has 1 heterocycles. The van der Waals surface area contributed by atoms with Crippen LogP contribution in [0.2, 0.25) is 0 Å². The highest BCUT2D eigenvalue weighted by atomic mass is 35.5. The van der Waals surface area contributed by atoms with Crippen LogP contribution in [0.5, 0.6) is 0 Å². The summed E-state index contributed by atoms with van der Waals surface area (Å²) in [6.45, 7) is 0.179. The van der Waals surface area contributed by atoms with Crippen LogP contribution < -0.4 is 4.90 Å². The van der Waals surface area contributed by atoms with E-state index in [0.717, 1.165) is 0 Å². The molecule has 1 aromatic rings. The van der Waals surface area contributed by atoms with Crippen molar-refractivity contribution in [1.82, 2.24) is 0 Å². The molecule has 1 aromatic carbocycles. The molecule has 1 aliphatic heterocycles. The third-order valence-corrected chi connectivity index (χ3v) is 3.23. The molecule has 0 radical (unpaired) electrons. The van der Waals surface area contributed by atoms with Crippen LogP contribution in [0.1, 0.15) is 0 Å². The van der Waals surface area contributed by atoms with Crippen LogP contribution in [0.15, 0.2) is 24.3 Å². The van der Waals surface area contributed by atoms with Crippen molar-refractivity contribution in [3.05, 3.63) is 30.1 Å². The molecule has 0 unspecified atom stereocenters. The molecular formula is C11H11ClFNO2. The summed E-state index contributed by atoms with van der Waals surface area (Å²) in [6, 6.07) is 5.77. The molecule has 0 bridgehead atoms. The zero-order chi connectivity index (χ0) is 11.7. The minimum absolute atomic E-state index is 0.147. The first-order valence-corrected chi connectivity index (χ1v) is 5.39. The second-order valence-corrected chi connectivity index (χ2v) is 4.24. The highest BCUT2D eigenvalue weighted by molar-refractivity contribution is 6.34. The van der Waals surface area contributed by atoms with Crippen molar-refractivity contribution < 1.29 is 14.3 Å².